The highest BCUT2D eigenvalue weighted by Crippen LogP contribution is 2.48. The predicted octanol–water partition coefficient (Wildman–Crippen LogP) is 2.48. The van der Waals surface area contributed by atoms with Crippen molar-refractivity contribution < 1.29 is 9.53 Å². The standard InChI is InChI=1S/C13H18O2/c1-2-13-8-7-11(15-13)9-5-3-4-6-10(13)12(9)14/h7-11H,2-6H2,1H3/t9-,10-,11-,13+/m1/s1. The van der Waals surface area contributed by atoms with Crippen LogP contribution in [-0.4, -0.2) is 17.5 Å². The van der Waals surface area contributed by atoms with Gasteiger partial charge in [-0.25, -0.2) is 0 Å². The van der Waals surface area contributed by atoms with Gasteiger partial charge in [-0.05, 0) is 19.3 Å². The summed E-state index contributed by atoms with van der Waals surface area (Å²) in [5, 5.41) is 0. The highest BCUT2D eigenvalue weighted by Gasteiger charge is 2.54. The lowest BCUT2D eigenvalue weighted by molar-refractivity contribution is -0.162. The molecule has 3 aliphatic rings. The van der Waals surface area contributed by atoms with Gasteiger partial charge in [-0.3, -0.25) is 4.79 Å². The lowest BCUT2D eigenvalue weighted by Gasteiger charge is -2.41. The van der Waals surface area contributed by atoms with Crippen molar-refractivity contribution in [2.75, 3.05) is 0 Å². The normalized spacial score (nSPS) is 48.1. The van der Waals surface area contributed by atoms with Crippen molar-refractivity contribution >= 4 is 5.78 Å². The van der Waals surface area contributed by atoms with E-state index in [0.29, 0.717) is 5.78 Å². The molecule has 0 N–H and O–H groups in total. The van der Waals surface area contributed by atoms with E-state index in [0.717, 1.165) is 19.3 Å². The molecular weight excluding hydrogens is 188 g/mol. The quantitative estimate of drug-likeness (QED) is 0.616. The van der Waals surface area contributed by atoms with Crippen molar-refractivity contribution in [3.63, 3.8) is 0 Å². The molecule has 0 aromatic heterocycles. The molecule has 15 heavy (non-hydrogen) atoms. The van der Waals surface area contributed by atoms with E-state index in [2.05, 4.69) is 19.1 Å². The lowest BCUT2D eigenvalue weighted by atomic mass is 9.76. The largest absolute Gasteiger partial charge is 0.362 e. The molecule has 82 valence electrons. The molecule has 1 aliphatic carbocycles. The molecule has 2 aliphatic heterocycles. The highest BCUT2D eigenvalue weighted by molar-refractivity contribution is 5.87. The highest BCUT2D eigenvalue weighted by atomic mass is 16.5. The maximum Gasteiger partial charge on any atom is 0.145 e. The van der Waals surface area contributed by atoms with Gasteiger partial charge in [-0.2, -0.15) is 0 Å². The summed E-state index contributed by atoms with van der Waals surface area (Å²) < 4.78 is 6.12. The lowest BCUT2D eigenvalue weighted by Crippen LogP contribution is -2.50. The van der Waals surface area contributed by atoms with Crippen LogP contribution in [0.5, 0.6) is 0 Å². The summed E-state index contributed by atoms with van der Waals surface area (Å²) >= 11 is 0. The zero-order valence-electron chi connectivity index (χ0n) is 9.24. The third-order valence-electron chi connectivity index (χ3n) is 4.43. The Morgan fingerprint density at radius 2 is 2.27 bits per heavy atom. The number of hydrogen-bond acceptors (Lipinski definition) is 2. The van der Waals surface area contributed by atoms with Gasteiger partial charge in [-0.15, -0.1) is 0 Å². The van der Waals surface area contributed by atoms with Crippen molar-refractivity contribution in [3.8, 4) is 0 Å². The Hall–Kier alpha value is -0.630. The zero-order valence-corrected chi connectivity index (χ0v) is 9.24. The van der Waals surface area contributed by atoms with Crippen molar-refractivity contribution in [3.05, 3.63) is 12.2 Å². The Labute approximate surface area is 90.7 Å². The number of ether oxygens (including phenoxy) is 1. The minimum atomic E-state index is -0.234. The van der Waals surface area contributed by atoms with Crippen molar-refractivity contribution in [2.24, 2.45) is 11.8 Å². The van der Waals surface area contributed by atoms with Crippen molar-refractivity contribution in [1.82, 2.24) is 0 Å². The minimum Gasteiger partial charge on any atom is -0.362 e. The van der Waals surface area contributed by atoms with E-state index < -0.39 is 0 Å². The first-order chi connectivity index (χ1) is 7.27. The van der Waals surface area contributed by atoms with Crippen LogP contribution in [0.3, 0.4) is 0 Å². The Kier molecular flexibility index (Phi) is 2.03. The summed E-state index contributed by atoms with van der Waals surface area (Å²) in [7, 11) is 0. The Bertz CT molecular complexity index is 320. The first kappa shape index (κ1) is 9.59. The van der Waals surface area contributed by atoms with E-state index in [1.807, 2.05) is 0 Å². The van der Waals surface area contributed by atoms with Gasteiger partial charge in [0, 0.05) is 5.92 Å². The molecule has 3 rings (SSSR count). The van der Waals surface area contributed by atoms with Crippen LogP contribution in [0.2, 0.25) is 0 Å². The maximum absolute atomic E-state index is 12.3. The number of ketones is 1. The second kappa shape index (κ2) is 3.18. The van der Waals surface area contributed by atoms with Crippen LogP contribution in [-0.2, 0) is 9.53 Å². The van der Waals surface area contributed by atoms with Gasteiger partial charge in [-0.1, -0.05) is 31.9 Å². The van der Waals surface area contributed by atoms with Gasteiger partial charge in [0.25, 0.3) is 0 Å². The van der Waals surface area contributed by atoms with Gasteiger partial charge in [0.1, 0.15) is 5.78 Å². The zero-order chi connectivity index (χ0) is 10.5. The number of Topliss-reactive ketones (excluding diaryl/α,β-unsaturated/α-hetero) is 1. The van der Waals surface area contributed by atoms with Gasteiger partial charge < -0.3 is 4.74 Å². The number of rotatable bonds is 1. The van der Waals surface area contributed by atoms with Gasteiger partial charge in [0.05, 0.1) is 17.6 Å². The fourth-order valence-corrected chi connectivity index (χ4v) is 3.52. The molecular formula is C13H18O2. The average Bonchev–Trinajstić information content (AvgIpc) is 2.58. The molecule has 4 atom stereocenters. The number of fused-ring (bicyclic) bond motifs is 6. The molecule has 2 fully saturated rings. The predicted molar refractivity (Wildman–Crippen MR) is 57.5 cm³/mol. The smallest absolute Gasteiger partial charge is 0.145 e. The van der Waals surface area contributed by atoms with E-state index in [1.165, 1.54) is 12.8 Å². The summed E-state index contributed by atoms with van der Waals surface area (Å²) in [5.41, 5.74) is -0.234. The molecule has 4 bridgehead atoms. The third-order valence-corrected chi connectivity index (χ3v) is 4.43. The van der Waals surface area contributed by atoms with E-state index >= 15 is 0 Å². The number of hydrogen-bond donors (Lipinski definition) is 0. The number of carbonyl (C=O) groups is 1. The fourth-order valence-electron chi connectivity index (χ4n) is 3.52. The van der Waals surface area contributed by atoms with Crippen LogP contribution in [0, 0.1) is 11.8 Å². The number of carbonyl (C=O) groups excluding carboxylic acids is 1. The van der Waals surface area contributed by atoms with E-state index in [1.54, 1.807) is 0 Å². The van der Waals surface area contributed by atoms with Crippen LogP contribution in [0.1, 0.15) is 39.0 Å². The Morgan fingerprint density at radius 3 is 3.07 bits per heavy atom. The fraction of sp³-hybridized carbons (Fsp3) is 0.769. The molecule has 2 heterocycles. The van der Waals surface area contributed by atoms with Gasteiger partial charge in [0.2, 0.25) is 0 Å². The SMILES string of the molecule is CC[C@@]12C=C[C@@H](O1)[C@H]1CCCC[C@@H]2C1=O. The second-order valence-electron chi connectivity index (χ2n) is 5.10. The first-order valence-electron chi connectivity index (χ1n) is 6.18. The minimum absolute atomic E-state index is 0.0896. The average molecular weight is 206 g/mol. The summed E-state index contributed by atoms with van der Waals surface area (Å²) in [5.74, 6) is 0.788. The summed E-state index contributed by atoms with van der Waals surface area (Å²) in [6.45, 7) is 2.13. The van der Waals surface area contributed by atoms with Crippen molar-refractivity contribution in [1.29, 1.82) is 0 Å². The van der Waals surface area contributed by atoms with Crippen LogP contribution in [0.15, 0.2) is 12.2 Å². The van der Waals surface area contributed by atoms with Gasteiger partial charge >= 0.3 is 0 Å². The Morgan fingerprint density at radius 1 is 1.47 bits per heavy atom. The molecule has 0 spiro atoms. The molecule has 0 amide bonds. The summed E-state index contributed by atoms with van der Waals surface area (Å²) in [6.07, 6.45) is 9.78. The Balaban J connectivity index is 2.03. The van der Waals surface area contributed by atoms with E-state index in [-0.39, 0.29) is 23.5 Å². The van der Waals surface area contributed by atoms with Gasteiger partial charge in [0.15, 0.2) is 0 Å². The topological polar surface area (TPSA) is 26.3 Å². The van der Waals surface area contributed by atoms with E-state index in [4.69, 9.17) is 4.74 Å². The monoisotopic (exact) mass is 206 g/mol. The van der Waals surface area contributed by atoms with E-state index in [9.17, 15) is 4.79 Å². The van der Waals surface area contributed by atoms with Crippen LogP contribution >= 0.6 is 0 Å². The molecule has 0 radical (unpaired) electrons. The maximum atomic E-state index is 12.3. The summed E-state index contributed by atoms with van der Waals surface area (Å²) in [6, 6.07) is 0. The molecule has 1 saturated heterocycles. The molecule has 1 saturated carbocycles. The van der Waals surface area contributed by atoms with Crippen LogP contribution < -0.4 is 0 Å². The molecule has 2 nitrogen and oxygen atoms in total. The molecule has 0 unspecified atom stereocenters. The second-order valence-corrected chi connectivity index (χ2v) is 5.10. The molecule has 0 aromatic rings. The third kappa shape index (κ3) is 1.17. The van der Waals surface area contributed by atoms with Crippen LogP contribution in [0.4, 0.5) is 0 Å². The first-order valence-corrected chi connectivity index (χ1v) is 6.18. The van der Waals surface area contributed by atoms with Crippen molar-refractivity contribution in [2.45, 2.75) is 50.7 Å². The summed E-state index contributed by atoms with van der Waals surface area (Å²) in [4.78, 5) is 12.3. The van der Waals surface area contributed by atoms with Crippen LogP contribution in [0.25, 0.3) is 0 Å². The molecule has 2 heteroatoms. The molecule has 0 aromatic carbocycles.